The zero-order valence-electron chi connectivity index (χ0n) is 16.1. The summed E-state index contributed by atoms with van der Waals surface area (Å²) in [5, 5.41) is 15.4. The van der Waals surface area contributed by atoms with Crippen molar-refractivity contribution in [3.05, 3.63) is 87.1 Å². The first-order chi connectivity index (χ1) is 14.9. The molecule has 31 heavy (non-hydrogen) atoms. The highest BCUT2D eigenvalue weighted by molar-refractivity contribution is 7.12. The molecule has 1 heterocycles. The zero-order chi connectivity index (χ0) is 22.0. The van der Waals surface area contributed by atoms with Crippen molar-refractivity contribution in [1.29, 1.82) is 0 Å². The Balaban J connectivity index is 1.63. The largest absolute Gasteiger partial charge is 0.478 e. The van der Waals surface area contributed by atoms with Crippen LogP contribution in [-0.2, 0) is 7.05 Å². The molecule has 0 fully saturated rings. The molecule has 0 amide bonds. The number of carboxylic acid groups (broad SMARTS) is 1. The van der Waals surface area contributed by atoms with Gasteiger partial charge in [0.05, 0.1) is 21.3 Å². The number of halogens is 2. The standard InChI is InChI=1S/C22H15Cl2N3O3S/c1-27-22(25-15-8-9-18(23)19(24)12-15)31-20(26-27)13-4-2-6-16(10-13)30-17-7-3-5-14(11-17)21(28)29/h2-12H,1H3,(H,28,29). The SMILES string of the molecule is Cn1nc(-c2cccc(Oc3cccc(C(=O)O)c3)c2)sc1=Nc1ccc(Cl)c(Cl)c1. The molecule has 4 aromatic rings. The lowest BCUT2D eigenvalue weighted by molar-refractivity contribution is 0.0696. The molecular weight excluding hydrogens is 457 g/mol. The van der Waals surface area contributed by atoms with Gasteiger partial charge in [-0.05, 0) is 48.5 Å². The number of carboxylic acids is 1. The van der Waals surface area contributed by atoms with Gasteiger partial charge in [-0.15, -0.1) is 0 Å². The first kappa shape index (κ1) is 21.1. The van der Waals surface area contributed by atoms with Crippen LogP contribution in [0.1, 0.15) is 10.4 Å². The van der Waals surface area contributed by atoms with E-state index in [1.54, 1.807) is 41.1 Å². The van der Waals surface area contributed by atoms with E-state index >= 15 is 0 Å². The molecule has 3 aromatic carbocycles. The summed E-state index contributed by atoms with van der Waals surface area (Å²) in [7, 11) is 1.81. The normalized spacial score (nSPS) is 11.5. The summed E-state index contributed by atoms with van der Waals surface area (Å²) in [6.45, 7) is 0. The third kappa shape index (κ3) is 4.96. The van der Waals surface area contributed by atoms with Gasteiger partial charge in [0, 0.05) is 12.6 Å². The molecule has 1 N–H and O–H groups in total. The average molecular weight is 472 g/mol. The minimum Gasteiger partial charge on any atom is -0.478 e. The van der Waals surface area contributed by atoms with Crippen LogP contribution in [0.15, 0.2) is 71.7 Å². The van der Waals surface area contributed by atoms with Crippen LogP contribution in [0.4, 0.5) is 5.69 Å². The highest BCUT2D eigenvalue weighted by atomic mass is 35.5. The van der Waals surface area contributed by atoms with Crippen LogP contribution < -0.4 is 9.54 Å². The molecule has 0 bridgehead atoms. The van der Waals surface area contributed by atoms with Gasteiger partial charge in [-0.1, -0.05) is 52.7 Å². The summed E-state index contributed by atoms with van der Waals surface area (Å²) in [4.78, 5) is 16.4. The fraction of sp³-hybridized carbons (Fsp3) is 0.0455. The Morgan fingerprint density at radius 3 is 2.52 bits per heavy atom. The molecule has 0 aliphatic rings. The van der Waals surface area contributed by atoms with E-state index in [1.807, 2.05) is 25.2 Å². The number of aromatic nitrogens is 2. The van der Waals surface area contributed by atoms with Crippen molar-refractivity contribution >= 4 is 46.2 Å². The molecule has 0 spiro atoms. The Labute approximate surface area is 191 Å². The van der Waals surface area contributed by atoms with Crippen LogP contribution >= 0.6 is 34.5 Å². The van der Waals surface area contributed by atoms with Crippen LogP contribution in [0.2, 0.25) is 10.0 Å². The number of hydrogen-bond acceptors (Lipinski definition) is 5. The van der Waals surface area contributed by atoms with Crippen molar-refractivity contribution in [2.24, 2.45) is 12.0 Å². The van der Waals surface area contributed by atoms with Crippen molar-refractivity contribution in [2.75, 3.05) is 0 Å². The van der Waals surface area contributed by atoms with Gasteiger partial charge >= 0.3 is 5.97 Å². The van der Waals surface area contributed by atoms with Gasteiger partial charge in [-0.25, -0.2) is 14.5 Å². The van der Waals surface area contributed by atoms with Crippen LogP contribution in [0.5, 0.6) is 11.5 Å². The number of rotatable bonds is 5. The van der Waals surface area contributed by atoms with Crippen molar-refractivity contribution in [3.63, 3.8) is 0 Å². The number of carbonyl (C=O) groups is 1. The fourth-order valence-electron chi connectivity index (χ4n) is 2.75. The van der Waals surface area contributed by atoms with Gasteiger partial charge in [-0.3, -0.25) is 0 Å². The van der Waals surface area contributed by atoms with Crippen LogP contribution in [-0.4, -0.2) is 20.9 Å². The Morgan fingerprint density at radius 1 is 1.03 bits per heavy atom. The first-order valence-electron chi connectivity index (χ1n) is 9.04. The summed E-state index contributed by atoms with van der Waals surface area (Å²) in [5.74, 6) is 0.00524. The van der Waals surface area contributed by atoms with Crippen LogP contribution in [0.25, 0.3) is 10.6 Å². The summed E-state index contributed by atoms with van der Waals surface area (Å²) in [6, 6.07) is 18.9. The van der Waals surface area contributed by atoms with E-state index in [1.165, 1.54) is 23.5 Å². The van der Waals surface area contributed by atoms with Gasteiger partial charge < -0.3 is 9.84 Å². The number of nitrogens with zero attached hydrogens (tertiary/aromatic N) is 3. The highest BCUT2D eigenvalue weighted by Gasteiger charge is 2.09. The Kier molecular flexibility index (Phi) is 6.08. The van der Waals surface area contributed by atoms with E-state index < -0.39 is 5.97 Å². The Bertz CT molecular complexity index is 1350. The monoisotopic (exact) mass is 471 g/mol. The van der Waals surface area contributed by atoms with E-state index in [-0.39, 0.29) is 5.56 Å². The van der Waals surface area contributed by atoms with Crippen molar-refractivity contribution < 1.29 is 14.6 Å². The third-order valence-corrected chi connectivity index (χ3v) is 6.02. The van der Waals surface area contributed by atoms with Gasteiger partial charge in [0.25, 0.3) is 0 Å². The Hall–Kier alpha value is -3.13. The predicted octanol–water partition coefficient (Wildman–Crippen LogP) is 6.18. The highest BCUT2D eigenvalue weighted by Crippen LogP contribution is 2.29. The van der Waals surface area contributed by atoms with Crippen molar-refractivity contribution in [3.8, 4) is 22.1 Å². The summed E-state index contributed by atoms with van der Waals surface area (Å²) in [6.07, 6.45) is 0. The predicted molar refractivity (Wildman–Crippen MR) is 122 cm³/mol. The minimum atomic E-state index is -1.01. The maximum Gasteiger partial charge on any atom is 0.335 e. The van der Waals surface area contributed by atoms with Gasteiger partial charge in [0.1, 0.15) is 16.5 Å². The second-order valence-corrected chi connectivity index (χ2v) is 8.26. The lowest BCUT2D eigenvalue weighted by atomic mass is 10.2. The second kappa shape index (κ2) is 8.93. The van der Waals surface area contributed by atoms with E-state index in [0.717, 1.165) is 10.6 Å². The molecule has 0 aliphatic heterocycles. The van der Waals surface area contributed by atoms with E-state index in [4.69, 9.17) is 33.0 Å². The quantitative estimate of drug-likeness (QED) is 0.377. The molecule has 0 radical (unpaired) electrons. The molecule has 0 saturated carbocycles. The summed E-state index contributed by atoms with van der Waals surface area (Å²) in [5.41, 5.74) is 1.69. The maximum atomic E-state index is 11.2. The molecule has 1 aromatic heterocycles. The topological polar surface area (TPSA) is 76.7 Å². The second-order valence-electron chi connectivity index (χ2n) is 6.49. The molecule has 0 aliphatic carbocycles. The van der Waals surface area contributed by atoms with E-state index in [2.05, 4.69) is 10.1 Å². The molecule has 6 nitrogen and oxygen atoms in total. The summed E-state index contributed by atoms with van der Waals surface area (Å²) >= 11 is 13.5. The fourth-order valence-corrected chi connectivity index (χ4v) is 3.95. The van der Waals surface area contributed by atoms with E-state index in [9.17, 15) is 4.79 Å². The van der Waals surface area contributed by atoms with Crippen LogP contribution in [0, 0.1) is 0 Å². The number of ether oxygens (including phenoxy) is 1. The van der Waals surface area contributed by atoms with Crippen molar-refractivity contribution in [2.45, 2.75) is 0 Å². The molecular formula is C22H15Cl2N3O3S. The number of hydrogen-bond donors (Lipinski definition) is 1. The molecule has 4 rings (SSSR count). The smallest absolute Gasteiger partial charge is 0.335 e. The molecule has 9 heteroatoms. The lowest BCUT2D eigenvalue weighted by Gasteiger charge is -2.07. The summed E-state index contributed by atoms with van der Waals surface area (Å²) < 4.78 is 7.53. The lowest BCUT2D eigenvalue weighted by Crippen LogP contribution is -2.10. The molecule has 0 saturated heterocycles. The van der Waals surface area contributed by atoms with Gasteiger partial charge in [0.15, 0.2) is 0 Å². The molecule has 0 atom stereocenters. The van der Waals surface area contributed by atoms with Gasteiger partial charge in [-0.2, -0.15) is 5.10 Å². The van der Waals surface area contributed by atoms with Crippen molar-refractivity contribution in [1.82, 2.24) is 9.78 Å². The average Bonchev–Trinajstić information content (AvgIpc) is 3.11. The first-order valence-corrected chi connectivity index (χ1v) is 10.6. The van der Waals surface area contributed by atoms with Crippen LogP contribution in [0.3, 0.4) is 0 Å². The zero-order valence-corrected chi connectivity index (χ0v) is 18.4. The third-order valence-electron chi connectivity index (χ3n) is 4.23. The molecule has 0 unspecified atom stereocenters. The number of benzene rings is 3. The molecule has 156 valence electrons. The minimum absolute atomic E-state index is 0.161. The maximum absolute atomic E-state index is 11.2. The number of aryl methyl sites for hydroxylation is 1. The van der Waals surface area contributed by atoms with Gasteiger partial charge in [0.2, 0.25) is 4.80 Å². The Morgan fingerprint density at radius 2 is 1.77 bits per heavy atom. The number of aromatic carboxylic acids is 1. The van der Waals surface area contributed by atoms with E-state index in [0.29, 0.717) is 32.0 Å².